The number of benzene rings is 1. The van der Waals surface area contributed by atoms with Gasteiger partial charge >= 0.3 is 12.3 Å². The van der Waals surface area contributed by atoms with Crippen LogP contribution in [-0.2, 0) is 11.2 Å². The van der Waals surface area contributed by atoms with Gasteiger partial charge in [-0.15, -0.1) is 13.2 Å². The molecule has 0 saturated heterocycles. The SMILES string of the molecule is O=C(O)Cc1cc(-c2ccccc2OC(F)(F)F)c[nH]c1=O. The number of ether oxygens (including phenoxy) is 1. The second-order valence-corrected chi connectivity index (χ2v) is 4.36. The van der Waals surface area contributed by atoms with Crippen LogP contribution in [-0.4, -0.2) is 22.4 Å². The van der Waals surface area contributed by atoms with Crippen LogP contribution < -0.4 is 10.3 Å². The van der Waals surface area contributed by atoms with Crippen LogP contribution in [0.3, 0.4) is 0 Å². The molecule has 0 spiro atoms. The van der Waals surface area contributed by atoms with Gasteiger partial charge in [0.2, 0.25) is 0 Å². The molecule has 0 unspecified atom stereocenters. The second-order valence-electron chi connectivity index (χ2n) is 4.36. The first-order chi connectivity index (χ1) is 10.3. The van der Waals surface area contributed by atoms with E-state index in [4.69, 9.17) is 5.11 Å². The van der Waals surface area contributed by atoms with Crippen molar-refractivity contribution in [1.82, 2.24) is 4.98 Å². The average Bonchev–Trinajstić information content (AvgIpc) is 2.40. The molecule has 0 saturated carbocycles. The van der Waals surface area contributed by atoms with Gasteiger partial charge in [0.15, 0.2) is 0 Å². The number of aromatic amines is 1. The minimum absolute atomic E-state index is 0.0631. The fourth-order valence-electron chi connectivity index (χ4n) is 1.90. The summed E-state index contributed by atoms with van der Waals surface area (Å²) in [5, 5.41) is 8.73. The summed E-state index contributed by atoms with van der Waals surface area (Å²) in [7, 11) is 0. The lowest BCUT2D eigenvalue weighted by molar-refractivity contribution is -0.274. The van der Waals surface area contributed by atoms with E-state index in [1.54, 1.807) is 0 Å². The van der Waals surface area contributed by atoms with E-state index in [1.807, 2.05) is 0 Å². The van der Waals surface area contributed by atoms with Gasteiger partial charge in [0, 0.05) is 22.9 Å². The van der Waals surface area contributed by atoms with Crippen molar-refractivity contribution in [1.29, 1.82) is 0 Å². The van der Waals surface area contributed by atoms with Crippen LogP contribution >= 0.6 is 0 Å². The standard InChI is InChI=1S/C14H10F3NO4/c15-14(16,17)22-11-4-2-1-3-10(11)9-5-8(6-12(19)20)13(21)18-7-9/h1-5,7H,6H2,(H,18,21)(H,19,20). The third kappa shape index (κ3) is 3.87. The lowest BCUT2D eigenvalue weighted by Gasteiger charge is -2.13. The molecule has 0 bridgehead atoms. The summed E-state index contributed by atoms with van der Waals surface area (Å²) >= 11 is 0. The topological polar surface area (TPSA) is 79.4 Å². The van der Waals surface area contributed by atoms with E-state index in [9.17, 15) is 22.8 Å². The smallest absolute Gasteiger partial charge is 0.481 e. The van der Waals surface area contributed by atoms with Crippen LogP contribution in [0.15, 0.2) is 41.3 Å². The molecule has 0 fully saturated rings. The van der Waals surface area contributed by atoms with Gasteiger partial charge in [-0.2, -0.15) is 0 Å². The molecule has 2 rings (SSSR count). The fourth-order valence-corrected chi connectivity index (χ4v) is 1.90. The van der Waals surface area contributed by atoms with Crippen LogP contribution in [0.4, 0.5) is 13.2 Å². The van der Waals surface area contributed by atoms with E-state index >= 15 is 0 Å². The Hall–Kier alpha value is -2.77. The van der Waals surface area contributed by atoms with E-state index in [0.29, 0.717) is 0 Å². The van der Waals surface area contributed by atoms with Gasteiger partial charge in [0.25, 0.3) is 5.56 Å². The number of rotatable bonds is 4. The Morgan fingerprint density at radius 2 is 1.95 bits per heavy atom. The Kier molecular flexibility index (Phi) is 4.20. The van der Waals surface area contributed by atoms with Crippen molar-refractivity contribution in [2.45, 2.75) is 12.8 Å². The summed E-state index contributed by atoms with van der Waals surface area (Å²) in [4.78, 5) is 24.5. The highest BCUT2D eigenvalue weighted by Gasteiger charge is 2.32. The summed E-state index contributed by atoms with van der Waals surface area (Å²) in [5.74, 6) is -1.66. The maximum atomic E-state index is 12.4. The number of halogens is 3. The fraction of sp³-hybridized carbons (Fsp3) is 0.143. The highest BCUT2D eigenvalue weighted by molar-refractivity contribution is 5.73. The first kappa shape index (κ1) is 15.6. The Morgan fingerprint density at radius 1 is 1.27 bits per heavy atom. The Labute approximate surface area is 122 Å². The lowest BCUT2D eigenvalue weighted by atomic mass is 10.0. The number of carboxylic acid groups (broad SMARTS) is 1. The number of hydrogen-bond acceptors (Lipinski definition) is 3. The van der Waals surface area contributed by atoms with E-state index in [1.165, 1.54) is 30.5 Å². The number of para-hydroxylation sites is 1. The van der Waals surface area contributed by atoms with Gasteiger partial charge in [-0.05, 0) is 12.1 Å². The van der Waals surface area contributed by atoms with Gasteiger partial charge in [-0.25, -0.2) is 0 Å². The van der Waals surface area contributed by atoms with E-state index < -0.39 is 30.1 Å². The van der Waals surface area contributed by atoms with E-state index in [-0.39, 0.29) is 16.7 Å². The molecule has 5 nitrogen and oxygen atoms in total. The molecule has 8 heteroatoms. The predicted octanol–water partition coefficient (Wildman–Crippen LogP) is 2.57. The molecule has 1 aromatic carbocycles. The molecule has 0 aliphatic rings. The molecule has 1 heterocycles. The van der Waals surface area contributed by atoms with Crippen molar-refractivity contribution >= 4 is 5.97 Å². The zero-order chi connectivity index (χ0) is 16.3. The largest absolute Gasteiger partial charge is 0.573 e. The Balaban J connectivity index is 2.48. The monoisotopic (exact) mass is 313 g/mol. The minimum Gasteiger partial charge on any atom is -0.481 e. The van der Waals surface area contributed by atoms with Crippen LogP contribution in [0.25, 0.3) is 11.1 Å². The Morgan fingerprint density at radius 3 is 2.59 bits per heavy atom. The molecule has 0 aliphatic heterocycles. The van der Waals surface area contributed by atoms with Gasteiger partial charge < -0.3 is 14.8 Å². The highest BCUT2D eigenvalue weighted by atomic mass is 19.4. The van der Waals surface area contributed by atoms with Crippen molar-refractivity contribution in [3.63, 3.8) is 0 Å². The number of alkyl halides is 3. The van der Waals surface area contributed by atoms with Crippen LogP contribution in [0.5, 0.6) is 5.75 Å². The van der Waals surface area contributed by atoms with Crippen molar-refractivity contribution in [3.8, 4) is 16.9 Å². The maximum Gasteiger partial charge on any atom is 0.573 e. The summed E-state index contributed by atoms with van der Waals surface area (Å²) in [6.45, 7) is 0. The van der Waals surface area contributed by atoms with Crippen molar-refractivity contribution < 1.29 is 27.8 Å². The number of aromatic nitrogens is 1. The zero-order valence-corrected chi connectivity index (χ0v) is 11.0. The normalized spacial score (nSPS) is 11.2. The zero-order valence-electron chi connectivity index (χ0n) is 11.0. The molecule has 0 radical (unpaired) electrons. The molecular weight excluding hydrogens is 303 g/mol. The first-order valence-corrected chi connectivity index (χ1v) is 6.05. The summed E-state index contributed by atoms with van der Waals surface area (Å²) in [5.41, 5.74) is -0.370. The molecule has 22 heavy (non-hydrogen) atoms. The molecule has 2 N–H and O–H groups in total. The molecular formula is C14H10F3NO4. The maximum absolute atomic E-state index is 12.4. The highest BCUT2D eigenvalue weighted by Crippen LogP contribution is 2.33. The second kappa shape index (κ2) is 5.92. The molecule has 0 atom stereocenters. The number of pyridine rings is 1. The first-order valence-electron chi connectivity index (χ1n) is 6.05. The number of nitrogens with one attached hydrogen (secondary N) is 1. The van der Waals surface area contributed by atoms with Gasteiger partial charge in [0.1, 0.15) is 5.75 Å². The van der Waals surface area contributed by atoms with Crippen LogP contribution in [0, 0.1) is 0 Å². The number of aliphatic carboxylic acids is 1. The van der Waals surface area contributed by atoms with Gasteiger partial charge in [-0.1, -0.05) is 18.2 Å². The summed E-state index contributed by atoms with van der Waals surface area (Å²) < 4.78 is 41.1. The number of carboxylic acids is 1. The van der Waals surface area contributed by atoms with Crippen molar-refractivity contribution in [2.75, 3.05) is 0 Å². The summed E-state index contributed by atoms with van der Waals surface area (Å²) in [6, 6.07) is 6.60. The minimum atomic E-state index is -4.86. The predicted molar refractivity (Wildman–Crippen MR) is 70.5 cm³/mol. The van der Waals surface area contributed by atoms with Crippen molar-refractivity contribution in [3.05, 3.63) is 52.4 Å². The van der Waals surface area contributed by atoms with Crippen molar-refractivity contribution in [2.24, 2.45) is 0 Å². The number of hydrogen-bond donors (Lipinski definition) is 2. The molecule has 116 valence electrons. The molecule has 0 aliphatic carbocycles. The van der Waals surface area contributed by atoms with Gasteiger partial charge in [0.05, 0.1) is 6.42 Å². The molecule has 1 aromatic heterocycles. The third-order valence-corrected chi connectivity index (χ3v) is 2.75. The average molecular weight is 313 g/mol. The number of H-pyrrole nitrogens is 1. The third-order valence-electron chi connectivity index (χ3n) is 2.75. The molecule has 2 aromatic rings. The lowest BCUT2D eigenvalue weighted by Crippen LogP contribution is -2.18. The molecule has 0 amide bonds. The quantitative estimate of drug-likeness (QED) is 0.909. The van der Waals surface area contributed by atoms with Gasteiger partial charge in [-0.3, -0.25) is 9.59 Å². The Bertz CT molecular complexity index is 752. The van der Waals surface area contributed by atoms with E-state index in [2.05, 4.69) is 9.72 Å². The summed E-state index contributed by atoms with van der Waals surface area (Å²) in [6.07, 6.45) is -4.19. The number of carbonyl (C=O) groups is 1. The van der Waals surface area contributed by atoms with Crippen LogP contribution in [0.2, 0.25) is 0 Å². The van der Waals surface area contributed by atoms with Crippen LogP contribution in [0.1, 0.15) is 5.56 Å². The van der Waals surface area contributed by atoms with E-state index in [0.717, 1.165) is 6.07 Å².